The summed E-state index contributed by atoms with van der Waals surface area (Å²) in [6, 6.07) is 6.07. The van der Waals surface area contributed by atoms with Crippen molar-refractivity contribution in [2.75, 3.05) is 0 Å². The molecule has 1 aliphatic carbocycles. The minimum absolute atomic E-state index is 0.0848. The first-order valence-electron chi connectivity index (χ1n) is 7.27. The number of rotatable bonds is 3. The highest BCUT2D eigenvalue weighted by Gasteiger charge is 2.35. The maximum Gasteiger partial charge on any atom is 0.257 e. The molecular weight excluding hydrogens is 362 g/mol. The Hall–Kier alpha value is -1.72. The Balaban J connectivity index is 1.80. The lowest BCUT2D eigenvalue weighted by atomic mass is 9.75. The number of nitrogens with one attached hydrogen (secondary N) is 1. The van der Waals surface area contributed by atoms with Gasteiger partial charge in [0, 0.05) is 22.0 Å². The van der Waals surface area contributed by atoms with Gasteiger partial charge in [0.1, 0.15) is 11.4 Å². The lowest BCUT2D eigenvalue weighted by Crippen LogP contribution is -2.46. The third-order valence-corrected chi connectivity index (χ3v) is 4.79. The first kappa shape index (κ1) is 17.1. The summed E-state index contributed by atoms with van der Waals surface area (Å²) in [7, 11) is 0. The molecule has 0 spiro atoms. The molecule has 1 amide bonds. The van der Waals surface area contributed by atoms with Crippen molar-refractivity contribution in [3.63, 3.8) is 0 Å². The predicted octanol–water partition coefficient (Wildman–Crippen LogP) is 5.09. The fourth-order valence-electron chi connectivity index (χ4n) is 2.82. The van der Waals surface area contributed by atoms with Crippen LogP contribution in [0.25, 0.3) is 0 Å². The van der Waals surface area contributed by atoms with Crippen LogP contribution in [-0.4, -0.2) is 11.9 Å². The smallest absolute Gasteiger partial charge is 0.257 e. The third kappa shape index (κ3) is 3.10. The van der Waals surface area contributed by atoms with E-state index < -0.39 is 28.9 Å². The Morgan fingerprint density at radius 2 is 1.75 bits per heavy atom. The monoisotopic (exact) mass is 373 g/mol. The Bertz CT molecular complexity index is 813. The number of benzene rings is 2. The van der Waals surface area contributed by atoms with E-state index in [9.17, 15) is 18.0 Å². The highest BCUT2D eigenvalue weighted by molar-refractivity contribution is 6.35. The highest BCUT2D eigenvalue weighted by atomic mass is 35.5. The molecule has 126 valence electrons. The van der Waals surface area contributed by atoms with Gasteiger partial charge in [-0.1, -0.05) is 29.3 Å². The van der Waals surface area contributed by atoms with Crippen molar-refractivity contribution in [3.05, 3.63) is 69.0 Å². The lowest BCUT2D eigenvalue weighted by molar-refractivity contribution is 0.0895. The normalized spacial score (nSPS) is 19.7. The first-order valence-corrected chi connectivity index (χ1v) is 8.03. The molecule has 0 unspecified atom stereocenters. The first-order chi connectivity index (χ1) is 11.4. The van der Waals surface area contributed by atoms with Gasteiger partial charge in [-0.2, -0.15) is 0 Å². The van der Waals surface area contributed by atoms with E-state index in [4.69, 9.17) is 23.2 Å². The molecule has 2 atom stereocenters. The maximum absolute atomic E-state index is 13.7. The number of carbonyl (C=O) groups is 1. The van der Waals surface area contributed by atoms with Crippen molar-refractivity contribution in [2.45, 2.75) is 24.8 Å². The molecule has 2 aromatic carbocycles. The summed E-state index contributed by atoms with van der Waals surface area (Å²) in [5.74, 6) is -4.94. The second-order valence-corrected chi connectivity index (χ2v) is 6.49. The van der Waals surface area contributed by atoms with Crippen LogP contribution in [0.1, 0.15) is 34.7 Å². The third-order valence-electron chi connectivity index (χ3n) is 4.22. The van der Waals surface area contributed by atoms with Crippen LogP contribution in [0.4, 0.5) is 13.2 Å². The Morgan fingerprint density at radius 1 is 1.04 bits per heavy atom. The lowest BCUT2D eigenvalue weighted by Gasteiger charge is -2.38. The zero-order valence-corrected chi connectivity index (χ0v) is 13.8. The summed E-state index contributed by atoms with van der Waals surface area (Å²) in [6.45, 7) is 0. The van der Waals surface area contributed by atoms with E-state index in [0.717, 1.165) is 18.1 Å². The minimum atomic E-state index is -1.49. The number of hydrogen-bond acceptors (Lipinski definition) is 1. The summed E-state index contributed by atoms with van der Waals surface area (Å²) < 4.78 is 40.6. The van der Waals surface area contributed by atoms with Crippen LogP contribution in [0.3, 0.4) is 0 Å². The molecule has 24 heavy (non-hydrogen) atoms. The quantitative estimate of drug-likeness (QED) is 0.746. The van der Waals surface area contributed by atoms with Gasteiger partial charge in [-0.25, -0.2) is 13.2 Å². The van der Waals surface area contributed by atoms with Crippen LogP contribution in [0.2, 0.25) is 10.0 Å². The Kier molecular flexibility index (Phi) is 4.74. The fourth-order valence-corrected chi connectivity index (χ4v) is 3.37. The number of carbonyl (C=O) groups excluding carboxylic acids is 1. The second kappa shape index (κ2) is 6.65. The van der Waals surface area contributed by atoms with E-state index in [2.05, 4.69) is 5.32 Å². The Morgan fingerprint density at radius 3 is 2.38 bits per heavy atom. The van der Waals surface area contributed by atoms with E-state index in [-0.39, 0.29) is 12.0 Å². The molecule has 7 heteroatoms. The molecule has 0 heterocycles. The van der Waals surface area contributed by atoms with Crippen LogP contribution in [-0.2, 0) is 0 Å². The summed E-state index contributed by atoms with van der Waals surface area (Å²) in [5.41, 5.74) is -0.111. The summed E-state index contributed by atoms with van der Waals surface area (Å²) in [4.78, 5) is 12.1. The van der Waals surface area contributed by atoms with Gasteiger partial charge < -0.3 is 5.32 Å². The topological polar surface area (TPSA) is 29.1 Å². The number of hydrogen-bond donors (Lipinski definition) is 1. The molecule has 0 aromatic heterocycles. The maximum atomic E-state index is 13.7. The van der Waals surface area contributed by atoms with Gasteiger partial charge in [0.05, 0.1) is 0 Å². The molecule has 0 radical (unpaired) electrons. The molecule has 2 nitrogen and oxygen atoms in total. The molecule has 1 N–H and O–H groups in total. The van der Waals surface area contributed by atoms with Crippen molar-refractivity contribution in [2.24, 2.45) is 0 Å². The van der Waals surface area contributed by atoms with Gasteiger partial charge in [-0.05, 0) is 42.7 Å². The van der Waals surface area contributed by atoms with Crippen molar-refractivity contribution < 1.29 is 18.0 Å². The van der Waals surface area contributed by atoms with Crippen molar-refractivity contribution in [1.29, 1.82) is 0 Å². The van der Waals surface area contributed by atoms with Gasteiger partial charge in [0.15, 0.2) is 11.6 Å². The largest absolute Gasteiger partial charge is 0.349 e. The number of amides is 1. The summed E-state index contributed by atoms with van der Waals surface area (Å²) in [6.07, 6.45) is 1.40. The average molecular weight is 374 g/mol. The average Bonchev–Trinajstić information content (AvgIpc) is 2.50. The van der Waals surface area contributed by atoms with Crippen molar-refractivity contribution in [1.82, 2.24) is 5.32 Å². The van der Waals surface area contributed by atoms with E-state index in [1.54, 1.807) is 18.2 Å². The van der Waals surface area contributed by atoms with Crippen LogP contribution in [0.15, 0.2) is 30.3 Å². The summed E-state index contributed by atoms with van der Waals surface area (Å²) in [5, 5.41) is 3.52. The molecule has 0 saturated heterocycles. The van der Waals surface area contributed by atoms with Gasteiger partial charge in [0.25, 0.3) is 5.91 Å². The molecule has 2 aromatic rings. The van der Waals surface area contributed by atoms with Gasteiger partial charge in [-0.3, -0.25) is 4.79 Å². The molecule has 0 bridgehead atoms. The predicted molar refractivity (Wildman–Crippen MR) is 86.0 cm³/mol. The van der Waals surface area contributed by atoms with Crippen LogP contribution in [0, 0.1) is 17.5 Å². The SMILES string of the molecule is O=C(N[C@H]1CC[C@H]1c1ccc(Cl)cc1Cl)c1c(F)ccc(F)c1F. The molecule has 1 saturated carbocycles. The molecule has 3 rings (SSSR count). The molecular formula is C17H12Cl2F3NO. The van der Waals surface area contributed by atoms with Crippen LogP contribution >= 0.6 is 23.2 Å². The van der Waals surface area contributed by atoms with E-state index in [0.29, 0.717) is 22.5 Å². The van der Waals surface area contributed by atoms with E-state index >= 15 is 0 Å². The van der Waals surface area contributed by atoms with Gasteiger partial charge >= 0.3 is 0 Å². The van der Waals surface area contributed by atoms with E-state index in [1.807, 2.05) is 0 Å². The van der Waals surface area contributed by atoms with Gasteiger partial charge in [0.2, 0.25) is 0 Å². The minimum Gasteiger partial charge on any atom is -0.349 e. The van der Waals surface area contributed by atoms with Crippen molar-refractivity contribution in [3.8, 4) is 0 Å². The second-order valence-electron chi connectivity index (χ2n) is 5.65. The summed E-state index contributed by atoms with van der Waals surface area (Å²) >= 11 is 12.0. The van der Waals surface area contributed by atoms with Crippen molar-refractivity contribution >= 4 is 29.1 Å². The highest BCUT2D eigenvalue weighted by Crippen LogP contribution is 2.41. The molecule has 1 aliphatic rings. The molecule has 1 fully saturated rings. The zero-order valence-electron chi connectivity index (χ0n) is 12.3. The van der Waals surface area contributed by atoms with Gasteiger partial charge in [-0.15, -0.1) is 0 Å². The van der Waals surface area contributed by atoms with Crippen LogP contribution in [0.5, 0.6) is 0 Å². The Labute approximate surface area is 146 Å². The zero-order chi connectivity index (χ0) is 17.4. The molecule has 0 aliphatic heterocycles. The standard InChI is InChI=1S/C17H12Cl2F3NO/c18-8-1-2-9(11(19)7-8)10-3-6-14(10)23-17(24)15-12(20)4-5-13(21)16(15)22/h1-2,4-5,7,10,14H,3,6H2,(H,23,24)/t10-,14-/m0/s1. The van der Waals surface area contributed by atoms with Crippen LogP contribution < -0.4 is 5.32 Å². The number of halogens is 5. The van der Waals surface area contributed by atoms with E-state index in [1.165, 1.54) is 0 Å². The fraction of sp³-hybridized carbons (Fsp3) is 0.235.